The summed E-state index contributed by atoms with van der Waals surface area (Å²) in [6.45, 7) is 15.8. The van der Waals surface area contributed by atoms with Crippen molar-refractivity contribution in [3.8, 4) is 0 Å². The standard InChI is InChI=1S/3CNO.Au/c3*1-2-3;/q3*-1;+3. The van der Waals surface area contributed by atoms with Gasteiger partial charge in [-0.1, -0.05) is 0 Å². The van der Waals surface area contributed by atoms with E-state index in [-0.39, 0.29) is 22.4 Å². The van der Waals surface area contributed by atoms with Crippen LogP contribution in [0.4, 0.5) is 0 Å². The molecule has 0 fully saturated rings. The molecule has 0 aromatic carbocycles. The van der Waals surface area contributed by atoms with Gasteiger partial charge >= 0.3 is 22.4 Å². The van der Waals surface area contributed by atoms with E-state index in [4.69, 9.17) is 35.3 Å². The summed E-state index contributed by atoms with van der Waals surface area (Å²) in [5, 5.41) is 29.2. The Bertz CT molecular complexity index is 112. The molecular formula is C3AuN3O3. The van der Waals surface area contributed by atoms with Crippen LogP contribution in [0, 0.1) is 35.3 Å². The van der Waals surface area contributed by atoms with Crippen LogP contribution in [-0.4, -0.2) is 0 Å². The van der Waals surface area contributed by atoms with Crippen LogP contribution in [0.1, 0.15) is 0 Å². The Morgan fingerprint density at radius 2 is 0.700 bits per heavy atom. The van der Waals surface area contributed by atoms with Gasteiger partial charge in [0.2, 0.25) is 0 Å². The van der Waals surface area contributed by atoms with Gasteiger partial charge in [0.15, 0.2) is 0 Å². The maximum Gasteiger partial charge on any atom is 3.00 e. The molecule has 10 heavy (non-hydrogen) atoms. The third kappa shape index (κ3) is 108. The molecule has 0 saturated carbocycles. The van der Waals surface area contributed by atoms with E-state index in [1.54, 1.807) is 0 Å². The van der Waals surface area contributed by atoms with E-state index in [0.29, 0.717) is 0 Å². The molecule has 0 aliphatic heterocycles. The summed E-state index contributed by atoms with van der Waals surface area (Å²) in [6, 6.07) is 0. The normalized spacial score (nSPS) is 2.10. The minimum absolute atomic E-state index is 0. The molecule has 0 aliphatic carbocycles. The van der Waals surface area contributed by atoms with Crippen molar-refractivity contribution in [1.82, 2.24) is 0 Å². The quantitative estimate of drug-likeness (QED) is 0.382. The monoisotopic (exact) mass is 323 g/mol. The van der Waals surface area contributed by atoms with E-state index in [0.717, 1.165) is 0 Å². The predicted molar refractivity (Wildman–Crippen MR) is 29.9 cm³/mol. The van der Waals surface area contributed by atoms with Gasteiger partial charge in [0.05, 0.1) is 0 Å². The van der Waals surface area contributed by atoms with Gasteiger partial charge in [-0.15, -0.1) is 0 Å². The van der Waals surface area contributed by atoms with Crippen molar-refractivity contribution in [2.75, 3.05) is 0 Å². The van der Waals surface area contributed by atoms with Crippen LogP contribution in [0.25, 0.3) is 15.0 Å². The predicted octanol–water partition coefficient (Wildman–Crippen LogP) is 1.21. The van der Waals surface area contributed by atoms with Crippen LogP contribution in [-0.2, 0) is 22.4 Å². The zero-order chi connectivity index (χ0) is 8.12. The van der Waals surface area contributed by atoms with Crippen molar-refractivity contribution >= 4 is 0 Å². The SMILES string of the molecule is [Au+3].[C-]#[N+][O-].[C-]#[N+][O-].[C-]#[N+][O-]. The molecule has 0 rings (SSSR count). The first kappa shape index (κ1) is 23.5. The molecule has 0 spiro atoms. The van der Waals surface area contributed by atoms with Gasteiger partial charge < -0.3 is 15.6 Å². The Hall–Kier alpha value is -1.39. The van der Waals surface area contributed by atoms with Crippen molar-refractivity contribution in [2.24, 2.45) is 0 Å². The third-order valence-electron chi connectivity index (χ3n) is 0. The average molecular weight is 323 g/mol. The van der Waals surface area contributed by atoms with E-state index in [1.807, 2.05) is 0 Å². The van der Waals surface area contributed by atoms with Crippen molar-refractivity contribution in [3.63, 3.8) is 0 Å². The van der Waals surface area contributed by atoms with Crippen molar-refractivity contribution in [1.29, 1.82) is 0 Å². The van der Waals surface area contributed by atoms with Gasteiger partial charge in [-0.05, 0) is 0 Å². The van der Waals surface area contributed by atoms with Crippen LogP contribution < -0.4 is 0 Å². The zero-order valence-corrected chi connectivity index (χ0v) is 6.53. The zero-order valence-electron chi connectivity index (χ0n) is 4.37. The molecule has 0 radical (unpaired) electrons. The fourth-order valence-electron chi connectivity index (χ4n) is 0. The molecule has 0 N–H and O–H groups in total. The van der Waals surface area contributed by atoms with Gasteiger partial charge in [-0.25, -0.2) is 19.7 Å². The summed E-state index contributed by atoms with van der Waals surface area (Å²) in [7, 11) is 0. The van der Waals surface area contributed by atoms with Crippen LogP contribution in [0.15, 0.2) is 0 Å². The van der Waals surface area contributed by atoms with Gasteiger partial charge in [0, 0.05) is 0 Å². The van der Waals surface area contributed by atoms with Gasteiger partial charge in [0.1, 0.15) is 0 Å². The molecule has 0 heterocycles. The Labute approximate surface area is 73.2 Å². The molecule has 0 unspecified atom stereocenters. The third-order valence-corrected chi connectivity index (χ3v) is 0. The molecule has 0 atom stereocenters. The summed E-state index contributed by atoms with van der Waals surface area (Å²) in [5.41, 5.74) is 0. The van der Waals surface area contributed by atoms with E-state index in [2.05, 4.69) is 0 Å². The maximum absolute atomic E-state index is 8.22. The minimum atomic E-state index is 0. The Balaban J connectivity index is -0.0000000257. The molecular weight excluding hydrogens is 323 g/mol. The summed E-state index contributed by atoms with van der Waals surface area (Å²) < 4.78 is 0. The number of hydrogen-bond donors (Lipinski definition) is 0. The minimum Gasteiger partial charge on any atom is -0.539 e. The fourth-order valence-corrected chi connectivity index (χ4v) is 0. The van der Waals surface area contributed by atoms with Crippen LogP contribution >= 0.6 is 0 Å². The van der Waals surface area contributed by atoms with Crippen LogP contribution in [0.5, 0.6) is 0 Å². The molecule has 56 valence electrons. The van der Waals surface area contributed by atoms with Gasteiger partial charge in [-0.2, -0.15) is 0 Å². The molecule has 0 saturated heterocycles. The number of nitrogens with zero attached hydrogens (tertiary/aromatic N) is 3. The topological polar surface area (TPSA) is 82.3 Å². The summed E-state index contributed by atoms with van der Waals surface area (Å²) in [5.74, 6) is 0. The smallest absolute Gasteiger partial charge is 0.539 e. The summed E-state index contributed by atoms with van der Waals surface area (Å²) in [4.78, 5) is 0. The van der Waals surface area contributed by atoms with Crippen molar-refractivity contribution in [2.45, 2.75) is 0 Å². The summed E-state index contributed by atoms with van der Waals surface area (Å²) >= 11 is 0. The maximum atomic E-state index is 8.22. The van der Waals surface area contributed by atoms with E-state index in [1.165, 1.54) is 15.0 Å². The Morgan fingerprint density at radius 1 is 0.700 bits per heavy atom. The first-order valence-electron chi connectivity index (χ1n) is 1.22. The van der Waals surface area contributed by atoms with Crippen LogP contribution in [0.2, 0.25) is 0 Å². The van der Waals surface area contributed by atoms with E-state index < -0.39 is 0 Å². The molecule has 7 heteroatoms. The molecule has 0 aromatic rings. The fraction of sp³-hybridized carbons (Fsp3) is 0. The Kier molecular flexibility index (Phi) is 301. The molecule has 0 aromatic heterocycles. The Morgan fingerprint density at radius 3 is 0.700 bits per heavy atom. The second-order valence-electron chi connectivity index (χ2n) is 0.274. The molecule has 0 amide bonds. The first-order valence-corrected chi connectivity index (χ1v) is 1.22. The number of hydrogen-bond acceptors (Lipinski definition) is 3. The second kappa shape index (κ2) is 128. The second-order valence-corrected chi connectivity index (χ2v) is 0.274. The largest absolute Gasteiger partial charge is 3.00 e. The van der Waals surface area contributed by atoms with Crippen molar-refractivity contribution in [3.05, 3.63) is 50.4 Å². The van der Waals surface area contributed by atoms with Crippen molar-refractivity contribution < 1.29 is 22.4 Å². The van der Waals surface area contributed by atoms with Gasteiger partial charge in [0.25, 0.3) is 0 Å². The van der Waals surface area contributed by atoms with Gasteiger partial charge in [-0.3, -0.25) is 15.0 Å². The number of rotatable bonds is 0. The first-order chi connectivity index (χ1) is 4.24. The average Bonchev–Trinajstić information content (AvgIpc) is 1.70. The van der Waals surface area contributed by atoms with E-state index in [9.17, 15) is 0 Å². The molecule has 6 nitrogen and oxygen atoms in total. The van der Waals surface area contributed by atoms with E-state index >= 15 is 0 Å². The molecule has 0 aliphatic rings. The summed E-state index contributed by atoms with van der Waals surface area (Å²) in [6.07, 6.45) is 0. The van der Waals surface area contributed by atoms with Crippen LogP contribution in [0.3, 0.4) is 0 Å². The molecule has 0 bridgehead atoms.